The lowest BCUT2D eigenvalue weighted by Gasteiger charge is -2.30. The Kier molecular flexibility index (Phi) is 5.69. The highest BCUT2D eigenvalue weighted by atomic mass is 15.4. The fourth-order valence-corrected chi connectivity index (χ4v) is 4.51. The Balaban J connectivity index is 1.40. The van der Waals surface area contributed by atoms with Gasteiger partial charge in [-0.15, -0.1) is 0 Å². The second-order valence-corrected chi connectivity index (χ2v) is 8.44. The number of nitrogens with zero attached hydrogens (tertiary/aromatic N) is 7. The predicted octanol–water partition coefficient (Wildman–Crippen LogP) is 3.79. The molecule has 8 heteroatoms. The van der Waals surface area contributed by atoms with Crippen LogP contribution in [0.1, 0.15) is 44.1 Å². The van der Waals surface area contributed by atoms with E-state index in [9.17, 15) is 0 Å². The summed E-state index contributed by atoms with van der Waals surface area (Å²) in [4.78, 5) is 18.8. The summed E-state index contributed by atoms with van der Waals surface area (Å²) >= 11 is 0. The predicted molar refractivity (Wildman–Crippen MR) is 126 cm³/mol. The van der Waals surface area contributed by atoms with Crippen molar-refractivity contribution < 1.29 is 0 Å². The Bertz CT molecular complexity index is 1020. The van der Waals surface area contributed by atoms with Crippen molar-refractivity contribution in [3.8, 4) is 0 Å². The molecule has 0 aliphatic carbocycles. The molecule has 2 aromatic heterocycles. The van der Waals surface area contributed by atoms with Crippen LogP contribution in [0.2, 0.25) is 0 Å². The van der Waals surface area contributed by atoms with Crippen LogP contribution in [-0.4, -0.2) is 51.9 Å². The van der Waals surface area contributed by atoms with E-state index in [4.69, 9.17) is 15.0 Å². The molecule has 0 amide bonds. The molecule has 2 aliphatic rings. The lowest BCUT2D eigenvalue weighted by molar-refractivity contribution is 0.556. The van der Waals surface area contributed by atoms with E-state index in [1.807, 2.05) is 6.21 Å². The SMILES string of the molecule is Cn1cc(/C=N\Nc2nc(N3CCCCC3)nc(N3CCCCC3)n2)c2ccccc21. The number of hydrogen-bond acceptors (Lipinski definition) is 7. The van der Waals surface area contributed by atoms with E-state index in [0.717, 1.165) is 43.6 Å². The van der Waals surface area contributed by atoms with E-state index >= 15 is 0 Å². The van der Waals surface area contributed by atoms with Gasteiger partial charge in [-0.05, 0) is 44.6 Å². The number of aryl methyl sites for hydroxylation is 1. The Morgan fingerprint density at radius 2 is 1.45 bits per heavy atom. The Hall–Kier alpha value is -3.16. The second kappa shape index (κ2) is 8.91. The first-order valence-corrected chi connectivity index (χ1v) is 11.4. The number of fused-ring (bicyclic) bond motifs is 1. The standard InChI is InChI=1S/C23H30N8/c1-29-17-18(19-10-4-5-11-20(19)29)16-24-28-21-25-22(30-12-6-2-7-13-30)27-23(26-21)31-14-8-3-9-15-31/h4-5,10-11,16-17H,2-3,6-9,12-15H2,1H3,(H,25,26,27,28)/b24-16-. The number of hydrogen-bond donors (Lipinski definition) is 1. The summed E-state index contributed by atoms with van der Waals surface area (Å²) in [6, 6.07) is 8.33. The maximum absolute atomic E-state index is 4.83. The Morgan fingerprint density at radius 3 is 2.10 bits per heavy atom. The van der Waals surface area contributed by atoms with Gasteiger partial charge in [-0.3, -0.25) is 0 Å². The van der Waals surface area contributed by atoms with Crippen LogP contribution < -0.4 is 15.2 Å². The van der Waals surface area contributed by atoms with Gasteiger partial charge in [-0.25, -0.2) is 5.43 Å². The zero-order valence-corrected chi connectivity index (χ0v) is 18.2. The molecule has 1 N–H and O–H groups in total. The zero-order chi connectivity index (χ0) is 21.0. The molecule has 0 unspecified atom stereocenters. The molecule has 3 aromatic rings. The summed E-state index contributed by atoms with van der Waals surface area (Å²) in [5.41, 5.74) is 5.32. The monoisotopic (exact) mass is 418 g/mol. The molecule has 5 rings (SSSR count). The number of piperidine rings is 2. The van der Waals surface area contributed by atoms with Gasteiger partial charge in [0.1, 0.15) is 0 Å². The van der Waals surface area contributed by atoms with Crippen LogP contribution in [0, 0.1) is 0 Å². The maximum atomic E-state index is 4.83. The highest BCUT2D eigenvalue weighted by molar-refractivity contribution is 5.99. The van der Waals surface area contributed by atoms with Crippen LogP contribution in [0.3, 0.4) is 0 Å². The first-order chi connectivity index (χ1) is 15.3. The summed E-state index contributed by atoms with van der Waals surface area (Å²) < 4.78 is 2.11. The lowest BCUT2D eigenvalue weighted by atomic mass is 10.1. The summed E-state index contributed by atoms with van der Waals surface area (Å²) in [7, 11) is 2.05. The van der Waals surface area contributed by atoms with Crippen molar-refractivity contribution in [1.29, 1.82) is 0 Å². The minimum atomic E-state index is 0.507. The van der Waals surface area contributed by atoms with Gasteiger partial charge in [-0.1, -0.05) is 18.2 Å². The van der Waals surface area contributed by atoms with Crippen molar-refractivity contribution >= 4 is 35.0 Å². The van der Waals surface area contributed by atoms with E-state index in [2.05, 4.69) is 62.4 Å². The quantitative estimate of drug-likeness (QED) is 0.502. The lowest BCUT2D eigenvalue weighted by Crippen LogP contribution is -2.34. The van der Waals surface area contributed by atoms with E-state index in [-0.39, 0.29) is 0 Å². The molecule has 1 aromatic carbocycles. The highest BCUT2D eigenvalue weighted by Crippen LogP contribution is 2.23. The van der Waals surface area contributed by atoms with E-state index < -0.39 is 0 Å². The topological polar surface area (TPSA) is 74.5 Å². The van der Waals surface area contributed by atoms with Crippen molar-refractivity contribution in [3.05, 3.63) is 36.0 Å². The third-order valence-corrected chi connectivity index (χ3v) is 6.19. The fraction of sp³-hybridized carbons (Fsp3) is 0.478. The van der Waals surface area contributed by atoms with Crippen LogP contribution in [0.4, 0.5) is 17.8 Å². The number of nitrogens with one attached hydrogen (secondary N) is 1. The summed E-state index contributed by atoms with van der Waals surface area (Å²) in [5, 5.41) is 5.64. The normalized spacial score (nSPS) is 17.6. The number of para-hydroxylation sites is 1. The Labute approximate surface area is 183 Å². The third kappa shape index (κ3) is 4.33. The molecule has 2 fully saturated rings. The number of hydrazone groups is 1. The van der Waals surface area contributed by atoms with Gasteiger partial charge in [0.05, 0.1) is 6.21 Å². The minimum absolute atomic E-state index is 0.507. The van der Waals surface area contributed by atoms with Crippen molar-refractivity contribution in [3.63, 3.8) is 0 Å². The molecule has 8 nitrogen and oxygen atoms in total. The Morgan fingerprint density at radius 1 is 0.839 bits per heavy atom. The van der Waals surface area contributed by atoms with Gasteiger partial charge in [0.2, 0.25) is 17.8 Å². The molecule has 4 heterocycles. The molecule has 2 saturated heterocycles. The highest BCUT2D eigenvalue weighted by Gasteiger charge is 2.20. The van der Waals surface area contributed by atoms with Crippen molar-refractivity contribution in [2.45, 2.75) is 38.5 Å². The molecular formula is C23H30N8. The van der Waals surface area contributed by atoms with E-state index in [1.54, 1.807) is 0 Å². The molecule has 31 heavy (non-hydrogen) atoms. The second-order valence-electron chi connectivity index (χ2n) is 8.44. The largest absolute Gasteiger partial charge is 0.350 e. The van der Waals surface area contributed by atoms with Crippen LogP contribution >= 0.6 is 0 Å². The van der Waals surface area contributed by atoms with Crippen molar-refractivity contribution in [1.82, 2.24) is 19.5 Å². The van der Waals surface area contributed by atoms with Crippen LogP contribution in [0.5, 0.6) is 0 Å². The third-order valence-electron chi connectivity index (χ3n) is 6.19. The molecule has 0 spiro atoms. The maximum Gasteiger partial charge on any atom is 0.250 e. The van der Waals surface area contributed by atoms with Gasteiger partial charge in [-0.2, -0.15) is 20.1 Å². The smallest absolute Gasteiger partial charge is 0.250 e. The molecule has 2 aliphatic heterocycles. The van der Waals surface area contributed by atoms with Gasteiger partial charge >= 0.3 is 0 Å². The van der Waals surface area contributed by atoms with Gasteiger partial charge in [0, 0.05) is 55.9 Å². The van der Waals surface area contributed by atoms with Gasteiger partial charge < -0.3 is 14.4 Å². The summed E-state index contributed by atoms with van der Waals surface area (Å²) in [6.45, 7) is 4.01. The van der Waals surface area contributed by atoms with E-state index in [1.165, 1.54) is 49.4 Å². The molecule has 0 radical (unpaired) electrons. The molecule has 0 bridgehead atoms. The number of aromatic nitrogens is 4. The first kappa shape index (κ1) is 19.8. The minimum Gasteiger partial charge on any atom is -0.350 e. The van der Waals surface area contributed by atoms with Crippen LogP contribution in [0.15, 0.2) is 35.6 Å². The van der Waals surface area contributed by atoms with Crippen LogP contribution in [-0.2, 0) is 7.05 Å². The fourth-order valence-electron chi connectivity index (χ4n) is 4.51. The van der Waals surface area contributed by atoms with Gasteiger partial charge in [0.15, 0.2) is 0 Å². The number of anilines is 3. The van der Waals surface area contributed by atoms with Crippen molar-refractivity contribution in [2.75, 3.05) is 41.4 Å². The average molecular weight is 419 g/mol. The van der Waals surface area contributed by atoms with Crippen molar-refractivity contribution in [2.24, 2.45) is 12.1 Å². The molecule has 0 saturated carbocycles. The van der Waals surface area contributed by atoms with Gasteiger partial charge in [0.25, 0.3) is 0 Å². The number of benzene rings is 1. The molecule has 162 valence electrons. The summed E-state index contributed by atoms with van der Waals surface area (Å²) in [6.07, 6.45) is 11.2. The average Bonchev–Trinajstić information content (AvgIpc) is 3.16. The zero-order valence-electron chi connectivity index (χ0n) is 18.2. The molecule has 0 atom stereocenters. The van der Waals surface area contributed by atoms with E-state index in [0.29, 0.717) is 5.95 Å². The number of rotatable bonds is 5. The van der Waals surface area contributed by atoms with Crippen LogP contribution in [0.25, 0.3) is 10.9 Å². The molecular weight excluding hydrogens is 388 g/mol. The first-order valence-electron chi connectivity index (χ1n) is 11.4. The summed E-state index contributed by atoms with van der Waals surface area (Å²) in [5.74, 6) is 2.03.